The van der Waals surface area contributed by atoms with Crippen molar-refractivity contribution in [1.29, 1.82) is 0 Å². The zero-order chi connectivity index (χ0) is 63.7. The molecule has 0 aromatic carbocycles. The highest BCUT2D eigenvalue weighted by Crippen LogP contribution is 2.24. The minimum Gasteiger partial charge on any atom is -0.466 e. The predicted octanol–water partition coefficient (Wildman–Crippen LogP) is 20.4. The summed E-state index contributed by atoms with van der Waals surface area (Å²) in [6.45, 7) is 4.34. The fraction of sp³-hybridized carbons (Fsp3) is 0.922. The van der Waals surface area contributed by atoms with Gasteiger partial charge >= 0.3 is 5.97 Å². The lowest BCUT2D eigenvalue weighted by atomic mass is 9.99. The number of carbonyl (C=O) groups is 2. The van der Waals surface area contributed by atoms with Gasteiger partial charge in [0.05, 0.1) is 32.0 Å². The summed E-state index contributed by atoms with van der Waals surface area (Å²) in [4.78, 5) is 25.1. The maximum Gasteiger partial charge on any atom is 0.305 e. The Morgan fingerprint density at radius 2 is 0.727 bits per heavy atom. The van der Waals surface area contributed by atoms with E-state index in [0.717, 1.165) is 57.8 Å². The molecule has 88 heavy (non-hydrogen) atoms. The molecule has 1 aliphatic rings. The van der Waals surface area contributed by atoms with Gasteiger partial charge < -0.3 is 45.1 Å². The summed E-state index contributed by atoms with van der Waals surface area (Å²) in [5, 5.41) is 54.3. The van der Waals surface area contributed by atoms with Crippen LogP contribution in [-0.2, 0) is 23.8 Å². The van der Waals surface area contributed by atoms with Crippen LogP contribution in [0.1, 0.15) is 393 Å². The van der Waals surface area contributed by atoms with Gasteiger partial charge in [0.15, 0.2) is 6.29 Å². The Labute approximate surface area is 543 Å². The number of rotatable bonds is 69. The second kappa shape index (κ2) is 66.6. The lowest BCUT2D eigenvalue weighted by Gasteiger charge is -2.40. The third-order valence-electron chi connectivity index (χ3n) is 18.6. The third-order valence-corrected chi connectivity index (χ3v) is 18.6. The fourth-order valence-corrected chi connectivity index (χ4v) is 12.5. The van der Waals surface area contributed by atoms with Gasteiger partial charge in [-0.3, -0.25) is 9.59 Å². The van der Waals surface area contributed by atoms with Gasteiger partial charge in [-0.25, -0.2) is 0 Å². The maximum atomic E-state index is 13.0. The average Bonchev–Trinajstić information content (AvgIpc) is 2.54. The quantitative estimate of drug-likeness (QED) is 0.0195. The second-order valence-corrected chi connectivity index (χ2v) is 27.1. The first-order valence-electron chi connectivity index (χ1n) is 38.6. The van der Waals surface area contributed by atoms with E-state index in [4.69, 9.17) is 14.2 Å². The number of ether oxygens (including phenoxy) is 3. The number of esters is 1. The van der Waals surface area contributed by atoms with Gasteiger partial charge in [0.2, 0.25) is 5.91 Å². The lowest BCUT2D eigenvalue weighted by molar-refractivity contribution is -0.302. The largest absolute Gasteiger partial charge is 0.466 e. The van der Waals surface area contributed by atoms with Gasteiger partial charge in [0, 0.05) is 12.8 Å². The number of aliphatic hydroxyl groups excluding tert-OH is 5. The zero-order valence-electron chi connectivity index (χ0n) is 58.0. The standard InChI is InChI=1S/C77H147NO10/c1-3-5-7-9-11-13-14-45-49-53-57-61-65-73(82)86-66-62-58-54-50-46-43-41-39-37-35-33-31-29-27-25-23-21-19-17-15-16-18-20-22-24-26-28-30-32-34-36-38-40-42-44-48-52-56-60-64-72(81)78-69(70(80)63-59-55-51-47-12-10-8-6-4-2)68-87-77-76(85)75(84)74(83)71(67-79)88-77/h11,13,59,63,69-71,74-77,79-80,83-85H,3-10,12,14-58,60-62,64-68H2,1-2H3,(H,78,81)/b13-11-,63-59+. The molecule has 1 fully saturated rings. The van der Waals surface area contributed by atoms with Gasteiger partial charge in [0.1, 0.15) is 24.4 Å². The monoisotopic (exact) mass is 1250 g/mol. The van der Waals surface area contributed by atoms with Crippen LogP contribution in [0.4, 0.5) is 0 Å². The smallest absolute Gasteiger partial charge is 0.305 e. The number of hydrogen-bond donors (Lipinski definition) is 6. The van der Waals surface area contributed by atoms with E-state index in [9.17, 15) is 35.1 Å². The van der Waals surface area contributed by atoms with E-state index in [1.54, 1.807) is 6.08 Å². The number of allylic oxidation sites excluding steroid dienone is 3. The van der Waals surface area contributed by atoms with Crippen LogP contribution >= 0.6 is 0 Å². The summed E-state index contributed by atoms with van der Waals surface area (Å²) in [6.07, 6.45) is 75.2. The molecule has 0 bridgehead atoms. The molecule has 520 valence electrons. The topological polar surface area (TPSA) is 175 Å². The molecular formula is C77H147NO10. The molecule has 11 nitrogen and oxygen atoms in total. The van der Waals surface area contributed by atoms with Crippen LogP contribution in [0.3, 0.4) is 0 Å². The summed E-state index contributed by atoms with van der Waals surface area (Å²) >= 11 is 0. The van der Waals surface area contributed by atoms with Crippen molar-refractivity contribution in [2.45, 2.75) is 436 Å². The van der Waals surface area contributed by atoms with E-state index in [1.807, 2.05) is 6.08 Å². The van der Waals surface area contributed by atoms with Gasteiger partial charge in [-0.1, -0.05) is 346 Å². The van der Waals surface area contributed by atoms with Crippen LogP contribution in [0.2, 0.25) is 0 Å². The molecule has 1 saturated heterocycles. The number of hydrogen-bond acceptors (Lipinski definition) is 10. The van der Waals surface area contributed by atoms with Crippen molar-refractivity contribution in [3.05, 3.63) is 24.3 Å². The summed E-state index contributed by atoms with van der Waals surface area (Å²) < 4.78 is 16.7. The summed E-state index contributed by atoms with van der Waals surface area (Å²) in [6, 6.07) is -0.803. The van der Waals surface area contributed by atoms with Gasteiger partial charge in [-0.2, -0.15) is 0 Å². The van der Waals surface area contributed by atoms with Crippen LogP contribution in [0.25, 0.3) is 0 Å². The highest BCUT2D eigenvalue weighted by Gasteiger charge is 2.44. The minimum absolute atomic E-state index is 0.00871. The molecule has 1 heterocycles. The van der Waals surface area contributed by atoms with E-state index >= 15 is 0 Å². The van der Waals surface area contributed by atoms with Gasteiger partial charge in [-0.15, -0.1) is 0 Å². The van der Waals surface area contributed by atoms with Crippen LogP contribution in [0, 0.1) is 0 Å². The normalized spacial score (nSPS) is 17.8. The Morgan fingerprint density at radius 1 is 0.409 bits per heavy atom. The van der Waals surface area contributed by atoms with Crippen molar-refractivity contribution in [2.75, 3.05) is 19.8 Å². The molecule has 1 rings (SSSR count). The Hall–Kier alpha value is -1.86. The zero-order valence-corrected chi connectivity index (χ0v) is 58.0. The average molecular weight is 1250 g/mol. The summed E-state index contributed by atoms with van der Waals surface area (Å²) in [7, 11) is 0. The van der Waals surface area contributed by atoms with Gasteiger partial charge in [-0.05, 0) is 57.8 Å². The predicted molar refractivity (Wildman–Crippen MR) is 371 cm³/mol. The number of aliphatic hydroxyl groups is 5. The first kappa shape index (κ1) is 84.2. The van der Waals surface area contributed by atoms with Crippen molar-refractivity contribution in [1.82, 2.24) is 5.32 Å². The molecule has 7 atom stereocenters. The lowest BCUT2D eigenvalue weighted by Crippen LogP contribution is -2.60. The number of unbranched alkanes of at least 4 members (excludes halogenated alkanes) is 53. The molecule has 11 heteroatoms. The molecule has 0 aromatic rings. The molecule has 7 unspecified atom stereocenters. The summed E-state index contributed by atoms with van der Waals surface area (Å²) in [5.41, 5.74) is 0. The van der Waals surface area contributed by atoms with Crippen molar-refractivity contribution >= 4 is 11.9 Å². The van der Waals surface area contributed by atoms with Crippen LogP contribution in [-0.4, -0.2) is 100 Å². The van der Waals surface area contributed by atoms with Crippen molar-refractivity contribution < 1.29 is 49.3 Å². The van der Waals surface area contributed by atoms with Crippen LogP contribution in [0.15, 0.2) is 24.3 Å². The first-order valence-corrected chi connectivity index (χ1v) is 38.6. The maximum absolute atomic E-state index is 13.0. The molecule has 0 aromatic heterocycles. The molecule has 6 N–H and O–H groups in total. The molecule has 0 aliphatic carbocycles. The summed E-state index contributed by atoms with van der Waals surface area (Å²) in [5.74, 6) is -0.167. The Morgan fingerprint density at radius 3 is 1.11 bits per heavy atom. The van der Waals surface area contributed by atoms with Crippen LogP contribution < -0.4 is 5.32 Å². The Bertz CT molecular complexity index is 1510. The van der Waals surface area contributed by atoms with E-state index in [-0.39, 0.29) is 18.5 Å². The van der Waals surface area contributed by atoms with Crippen molar-refractivity contribution in [3.8, 4) is 0 Å². The van der Waals surface area contributed by atoms with Gasteiger partial charge in [0.25, 0.3) is 0 Å². The highest BCUT2D eigenvalue weighted by molar-refractivity contribution is 5.76. The van der Waals surface area contributed by atoms with E-state index in [1.165, 1.54) is 308 Å². The Kier molecular flexibility index (Phi) is 63.7. The number of nitrogens with one attached hydrogen (secondary N) is 1. The second-order valence-electron chi connectivity index (χ2n) is 27.1. The minimum atomic E-state index is -1.57. The molecule has 0 radical (unpaired) electrons. The van der Waals surface area contributed by atoms with Crippen LogP contribution in [0.5, 0.6) is 0 Å². The van der Waals surface area contributed by atoms with E-state index in [2.05, 4.69) is 31.3 Å². The molecule has 1 aliphatic heterocycles. The molecule has 1 amide bonds. The first-order chi connectivity index (χ1) is 43.2. The molecular weight excluding hydrogens is 1100 g/mol. The Balaban J connectivity index is 1.84. The van der Waals surface area contributed by atoms with E-state index in [0.29, 0.717) is 19.4 Å². The SMILES string of the molecule is CCCCC/C=C\CCCCCCCC(=O)OCCCCCCCCCCCCCCCCCCCCCCCCCCCCCCCCCCCCCCCCCC(=O)NC(COC1OC(CO)C(O)C(O)C1O)C(O)/C=C/CCCCCCCCC. The van der Waals surface area contributed by atoms with Crippen molar-refractivity contribution in [3.63, 3.8) is 0 Å². The third kappa shape index (κ3) is 54.7. The van der Waals surface area contributed by atoms with E-state index < -0.39 is 49.5 Å². The molecule has 0 saturated carbocycles. The number of carbonyl (C=O) groups excluding carboxylic acids is 2. The van der Waals surface area contributed by atoms with Crippen molar-refractivity contribution in [2.24, 2.45) is 0 Å². The highest BCUT2D eigenvalue weighted by atomic mass is 16.7. The molecule has 0 spiro atoms. The number of amides is 1. The fourth-order valence-electron chi connectivity index (χ4n) is 12.5.